The Hall–Kier alpha value is -1.80. The van der Waals surface area contributed by atoms with Crippen molar-refractivity contribution in [2.45, 2.75) is 68.2 Å². The molecule has 1 N–H and O–H groups in total. The van der Waals surface area contributed by atoms with Gasteiger partial charge < -0.3 is 19.6 Å². The van der Waals surface area contributed by atoms with Gasteiger partial charge in [-0.1, -0.05) is 18.7 Å². The maximum atomic E-state index is 13.9. The molecule has 0 aliphatic carbocycles. The number of hydrogen-bond acceptors (Lipinski definition) is 6. The fourth-order valence-electron chi connectivity index (χ4n) is 5.65. The zero-order valence-corrected chi connectivity index (χ0v) is 19.7. The Morgan fingerprint density at radius 3 is 2.55 bits per heavy atom. The molecule has 1 spiro atoms. The van der Waals surface area contributed by atoms with Crippen LogP contribution in [-0.4, -0.2) is 80.1 Å². The summed E-state index contributed by atoms with van der Waals surface area (Å²) in [6, 6.07) is -1.34. The molecule has 2 amide bonds. The van der Waals surface area contributed by atoms with Crippen molar-refractivity contribution in [3.8, 4) is 0 Å². The quantitative estimate of drug-likeness (QED) is 0.427. The second kappa shape index (κ2) is 8.62. The van der Waals surface area contributed by atoms with Gasteiger partial charge in [0.1, 0.15) is 12.6 Å². The lowest BCUT2D eigenvalue weighted by molar-refractivity contribution is -0.155. The Balaban J connectivity index is 2.09. The molecule has 3 heterocycles. The number of thioether (sulfide) groups is 1. The van der Waals surface area contributed by atoms with Gasteiger partial charge in [0, 0.05) is 17.3 Å². The smallest absolute Gasteiger partial charge is 0.311 e. The van der Waals surface area contributed by atoms with Gasteiger partial charge in [0.15, 0.2) is 0 Å². The number of carbonyl (C=O) groups is 3. The van der Waals surface area contributed by atoms with Crippen LogP contribution in [0.3, 0.4) is 0 Å². The van der Waals surface area contributed by atoms with Crippen molar-refractivity contribution in [3.05, 3.63) is 25.3 Å². The van der Waals surface area contributed by atoms with Gasteiger partial charge in [-0.05, 0) is 40.5 Å². The fourth-order valence-corrected chi connectivity index (χ4v) is 7.97. The van der Waals surface area contributed by atoms with Crippen LogP contribution in [0, 0.1) is 11.8 Å². The highest BCUT2D eigenvalue weighted by atomic mass is 32.2. The van der Waals surface area contributed by atoms with Crippen LogP contribution in [0.4, 0.5) is 0 Å². The molecule has 172 valence electrons. The van der Waals surface area contributed by atoms with Crippen molar-refractivity contribution < 1.29 is 24.2 Å². The highest BCUT2D eigenvalue weighted by Gasteiger charge is 2.78. The average molecular weight is 451 g/mol. The van der Waals surface area contributed by atoms with Gasteiger partial charge in [0.2, 0.25) is 11.8 Å². The summed E-state index contributed by atoms with van der Waals surface area (Å²) in [6.07, 6.45) is 4.58. The van der Waals surface area contributed by atoms with E-state index in [1.54, 1.807) is 29.7 Å². The first kappa shape index (κ1) is 23.9. The Morgan fingerprint density at radius 1 is 1.32 bits per heavy atom. The van der Waals surface area contributed by atoms with Crippen LogP contribution in [-0.2, 0) is 19.1 Å². The standard InChI is InChI=1S/C23H34N2O5S/c1-7-11-24(14(3)4)20(28)18-23-10-9-22(6,31-23)17(21(29)30-12-8-2)16(23)19(27)25(18)15(5)13-26/h7-8,14-18,26H,1-2,9-13H2,3-6H3/t15-,16+,17-,18?,22+,23?/m1/s1. The van der Waals surface area contributed by atoms with Crippen molar-refractivity contribution in [2.24, 2.45) is 11.8 Å². The number of carbonyl (C=O) groups excluding carboxylic acids is 3. The van der Waals surface area contributed by atoms with E-state index >= 15 is 0 Å². The maximum absolute atomic E-state index is 13.9. The molecule has 0 aromatic carbocycles. The number of esters is 1. The summed E-state index contributed by atoms with van der Waals surface area (Å²) >= 11 is 1.60. The molecule has 3 aliphatic rings. The van der Waals surface area contributed by atoms with E-state index < -0.39 is 39.4 Å². The number of ether oxygens (including phenoxy) is 1. The number of aliphatic hydroxyl groups excluding tert-OH is 1. The molecular weight excluding hydrogens is 416 g/mol. The zero-order chi connectivity index (χ0) is 23.1. The van der Waals surface area contributed by atoms with Gasteiger partial charge in [0.05, 0.1) is 29.2 Å². The molecule has 3 aliphatic heterocycles. The van der Waals surface area contributed by atoms with Crippen molar-refractivity contribution in [1.82, 2.24) is 9.80 Å². The monoisotopic (exact) mass is 450 g/mol. The zero-order valence-electron chi connectivity index (χ0n) is 18.9. The third-order valence-corrected chi connectivity index (χ3v) is 9.00. The van der Waals surface area contributed by atoms with Crippen molar-refractivity contribution in [3.63, 3.8) is 0 Å². The molecule has 0 aromatic rings. The number of fused-ring (bicyclic) bond motifs is 1. The molecule has 3 saturated heterocycles. The summed E-state index contributed by atoms with van der Waals surface area (Å²) in [6.45, 7) is 15.2. The third kappa shape index (κ3) is 3.52. The minimum atomic E-state index is -0.737. The Kier molecular flexibility index (Phi) is 6.63. The van der Waals surface area contributed by atoms with Gasteiger partial charge >= 0.3 is 5.97 Å². The molecular formula is C23H34N2O5S. The number of amides is 2. The lowest BCUT2D eigenvalue weighted by atomic mass is 9.66. The maximum Gasteiger partial charge on any atom is 0.311 e. The second-order valence-corrected chi connectivity index (χ2v) is 11.2. The number of nitrogens with zero attached hydrogens (tertiary/aromatic N) is 2. The number of likely N-dealkylation sites (tertiary alicyclic amines) is 1. The van der Waals surface area contributed by atoms with E-state index in [1.165, 1.54) is 11.0 Å². The second-order valence-electron chi connectivity index (χ2n) is 9.30. The summed E-state index contributed by atoms with van der Waals surface area (Å²) in [4.78, 5) is 43.9. The Morgan fingerprint density at radius 2 is 2.00 bits per heavy atom. The van der Waals surface area contributed by atoms with Crippen molar-refractivity contribution >= 4 is 29.5 Å². The van der Waals surface area contributed by atoms with E-state index in [4.69, 9.17) is 4.74 Å². The predicted octanol–water partition coefficient (Wildman–Crippen LogP) is 2.00. The van der Waals surface area contributed by atoms with E-state index in [2.05, 4.69) is 13.2 Å². The summed E-state index contributed by atoms with van der Waals surface area (Å²) in [5, 5.41) is 9.89. The van der Waals surface area contributed by atoms with Crippen LogP contribution in [0.5, 0.6) is 0 Å². The number of rotatable bonds is 9. The molecule has 6 atom stereocenters. The van der Waals surface area contributed by atoms with Crippen LogP contribution in [0.2, 0.25) is 0 Å². The highest BCUT2D eigenvalue weighted by molar-refractivity contribution is 8.02. The summed E-state index contributed by atoms with van der Waals surface area (Å²) in [5.41, 5.74) is 0. The SMILES string of the molecule is C=CCOC(=O)[C@H]1[C@H]2C(=O)N([C@H](C)CO)C(C(=O)N(CC=C)C(C)C)C23CC[C@]1(C)S3. The first-order valence-electron chi connectivity index (χ1n) is 10.9. The predicted molar refractivity (Wildman–Crippen MR) is 120 cm³/mol. The minimum Gasteiger partial charge on any atom is -0.461 e. The largest absolute Gasteiger partial charge is 0.461 e. The van der Waals surface area contributed by atoms with Gasteiger partial charge in [-0.2, -0.15) is 0 Å². The molecule has 2 unspecified atom stereocenters. The summed E-state index contributed by atoms with van der Waals surface area (Å²) in [5.74, 6) is -2.07. The van der Waals surface area contributed by atoms with Crippen molar-refractivity contribution in [2.75, 3.05) is 19.8 Å². The van der Waals surface area contributed by atoms with E-state index in [0.29, 0.717) is 13.0 Å². The average Bonchev–Trinajstić information content (AvgIpc) is 3.29. The first-order chi connectivity index (χ1) is 14.6. The van der Waals surface area contributed by atoms with E-state index in [1.807, 2.05) is 20.8 Å². The summed E-state index contributed by atoms with van der Waals surface area (Å²) in [7, 11) is 0. The highest BCUT2D eigenvalue weighted by Crippen LogP contribution is 2.71. The lowest BCUT2D eigenvalue weighted by Crippen LogP contribution is -2.58. The molecule has 2 bridgehead atoms. The number of aliphatic hydroxyl groups is 1. The van der Waals surface area contributed by atoms with Gasteiger partial charge in [-0.25, -0.2) is 0 Å². The fraction of sp³-hybridized carbons (Fsp3) is 0.696. The van der Waals surface area contributed by atoms with Gasteiger partial charge in [-0.15, -0.1) is 18.3 Å². The Bertz CT molecular complexity index is 786. The molecule has 0 aromatic heterocycles. The van der Waals surface area contributed by atoms with Crippen LogP contribution in [0.15, 0.2) is 25.3 Å². The van der Waals surface area contributed by atoms with Crippen LogP contribution < -0.4 is 0 Å². The van der Waals surface area contributed by atoms with Crippen molar-refractivity contribution in [1.29, 1.82) is 0 Å². The lowest BCUT2D eigenvalue weighted by Gasteiger charge is -2.40. The molecule has 31 heavy (non-hydrogen) atoms. The van der Waals surface area contributed by atoms with E-state index in [0.717, 1.165) is 6.42 Å². The minimum absolute atomic E-state index is 0.0742. The normalized spacial score (nSPS) is 34.6. The molecule has 3 rings (SSSR count). The summed E-state index contributed by atoms with van der Waals surface area (Å²) < 4.78 is 4.21. The van der Waals surface area contributed by atoms with Crippen LogP contribution >= 0.6 is 11.8 Å². The molecule has 7 nitrogen and oxygen atoms in total. The van der Waals surface area contributed by atoms with Gasteiger partial charge in [0.25, 0.3) is 0 Å². The van der Waals surface area contributed by atoms with E-state index in [-0.39, 0.29) is 31.1 Å². The first-order valence-corrected chi connectivity index (χ1v) is 11.7. The topological polar surface area (TPSA) is 87.1 Å². The van der Waals surface area contributed by atoms with Gasteiger partial charge in [-0.3, -0.25) is 14.4 Å². The van der Waals surface area contributed by atoms with Crippen LogP contribution in [0.1, 0.15) is 40.5 Å². The molecule has 0 saturated carbocycles. The number of hydrogen-bond donors (Lipinski definition) is 1. The molecule has 8 heteroatoms. The Labute approximate surface area is 188 Å². The van der Waals surface area contributed by atoms with E-state index in [9.17, 15) is 19.5 Å². The van der Waals surface area contributed by atoms with Crippen LogP contribution in [0.25, 0.3) is 0 Å². The molecule has 3 fully saturated rings. The third-order valence-electron chi connectivity index (χ3n) is 7.02. The molecule has 0 radical (unpaired) electrons.